The largest absolute Gasteiger partial charge is 0.468 e. The zero-order valence-corrected chi connectivity index (χ0v) is 22.1. The van der Waals surface area contributed by atoms with Gasteiger partial charge in [0.05, 0.1) is 30.9 Å². The number of benzene rings is 1. The van der Waals surface area contributed by atoms with E-state index >= 15 is 0 Å². The minimum Gasteiger partial charge on any atom is -0.468 e. The number of carbonyl (C=O) groups excluding carboxylic acids is 3. The lowest BCUT2D eigenvalue weighted by molar-refractivity contribution is -0.127. The molecule has 0 saturated carbocycles. The molecular formula is C28H33N3O5S. The molecule has 2 heterocycles. The Hall–Kier alpha value is -3.59. The highest BCUT2D eigenvalue weighted by molar-refractivity contribution is 7.99. The molecule has 2 atom stereocenters. The van der Waals surface area contributed by atoms with E-state index in [-0.39, 0.29) is 17.5 Å². The first-order valence-electron chi connectivity index (χ1n) is 12.1. The molecule has 1 N–H and O–H groups in total. The average molecular weight is 524 g/mol. The summed E-state index contributed by atoms with van der Waals surface area (Å²) in [7, 11) is 1.26. The summed E-state index contributed by atoms with van der Waals surface area (Å²) in [5, 5.41) is 2.94. The Morgan fingerprint density at radius 1 is 1.05 bits per heavy atom. The van der Waals surface area contributed by atoms with Crippen molar-refractivity contribution in [2.45, 2.75) is 44.5 Å². The van der Waals surface area contributed by atoms with E-state index < -0.39 is 24.1 Å². The smallest absolute Gasteiger partial charge is 0.415 e. The van der Waals surface area contributed by atoms with Crippen LogP contribution in [0.4, 0.5) is 10.6 Å². The highest BCUT2D eigenvalue weighted by atomic mass is 32.2. The van der Waals surface area contributed by atoms with Crippen LogP contribution < -0.4 is 10.2 Å². The van der Waals surface area contributed by atoms with Crippen LogP contribution in [0.15, 0.2) is 77.5 Å². The first-order valence-corrected chi connectivity index (χ1v) is 13.3. The number of pyridine rings is 1. The zero-order chi connectivity index (χ0) is 26.6. The van der Waals surface area contributed by atoms with Gasteiger partial charge < -0.3 is 14.5 Å². The number of carbonyl (C=O) groups is 3. The number of nitrogens with zero attached hydrogens (tertiary/aromatic N) is 2. The van der Waals surface area contributed by atoms with Crippen LogP contribution in [0.2, 0.25) is 0 Å². The van der Waals surface area contributed by atoms with Crippen molar-refractivity contribution in [1.29, 1.82) is 0 Å². The molecule has 3 rings (SSSR count). The van der Waals surface area contributed by atoms with E-state index in [0.717, 1.165) is 11.3 Å². The van der Waals surface area contributed by atoms with Crippen molar-refractivity contribution in [1.82, 2.24) is 10.3 Å². The van der Waals surface area contributed by atoms with E-state index in [1.54, 1.807) is 36.7 Å². The Morgan fingerprint density at radius 2 is 1.81 bits per heavy atom. The number of amides is 2. The third-order valence-electron chi connectivity index (χ3n) is 5.63. The zero-order valence-electron chi connectivity index (χ0n) is 21.3. The number of furan rings is 1. The molecule has 0 aliphatic heterocycles. The van der Waals surface area contributed by atoms with Gasteiger partial charge in [-0.2, -0.15) is 0 Å². The molecule has 0 aliphatic carbocycles. The highest BCUT2D eigenvalue weighted by Gasteiger charge is 2.35. The normalized spacial score (nSPS) is 12.5. The molecule has 2 aromatic heterocycles. The Bertz CT molecular complexity index is 1120. The molecular weight excluding hydrogens is 490 g/mol. The minimum absolute atomic E-state index is 0.0822. The van der Waals surface area contributed by atoms with Gasteiger partial charge in [0, 0.05) is 6.20 Å². The fourth-order valence-electron chi connectivity index (χ4n) is 3.86. The molecule has 8 nitrogen and oxygen atoms in total. The number of hydrogen-bond acceptors (Lipinski definition) is 7. The Labute approximate surface area is 221 Å². The van der Waals surface area contributed by atoms with Gasteiger partial charge in [-0.15, -0.1) is 11.8 Å². The van der Waals surface area contributed by atoms with Gasteiger partial charge in [-0.05, 0) is 48.6 Å². The number of methoxy groups -OCH3 is 1. The van der Waals surface area contributed by atoms with Gasteiger partial charge in [-0.3, -0.25) is 9.59 Å². The summed E-state index contributed by atoms with van der Waals surface area (Å²) in [6, 6.07) is 16.6. The van der Waals surface area contributed by atoms with E-state index in [1.165, 1.54) is 23.8 Å². The van der Waals surface area contributed by atoms with Gasteiger partial charge in [0.15, 0.2) is 5.78 Å². The molecule has 196 valence electrons. The fourth-order valence-corrected chi connectivity index (χ4v) is 4.73. The van der Waals surface area contributed by atoms with Crippen LogP contribution in [0.25, 0.3) is 0 Å². The summed E-state index contributed by atoms with van der Waals surface area (Å²) in [5.74, 6) is 1.37. The maximum atomic E-state index is 13.7. The first kappa shape index (κ1) is 28.0. The van der Waals surface area contributed by atoms with Gasteiger partial charge in [-0.1, -0.05) is 50.2 Å². The van der Waals surface area contributed by atoms with Crippen molar-refractivity contribution in [3.8, 4) is 0 Å². The number of thioether (sulfide) groups is 1. The fraction of sp³-hybridized carbons (Fsp3) is 0.357. The predicted octanol–water partition coefficient (Wildman–Crippen LogP) is 4.89. The minimum atomic E-state index is -0.913. The molecule has 0 saturated heterocycles. The van der Waals surface area contributed by atoms with E-state index in [0.29, 0.717) is 24.4 Å². The van der Waals surface area contributed by atoms with Crippen LogP contribution in [-0.4, -0.2) is 47.7 Å². The number of hydrogen-bond donors (Lipinski definition) is 1. The van der Waals surface area contributed by atoms with Crippen molar-refractivity contribution in [2.24, 2.45) is 5.92 Å². The predicted molar refractivity (Wildman–Crippen MR) is 144 cm³/mol. The lowest BCUT2D eigenvalue weighted by Crippen LogP contribution is -2.55. The lowest BCUT2D eigenvalue weighted by Gasteiger charge is -2.31. The van der Waals surface area contributed by atoms with Crippen LogP contribution in [0.3, 0.4) is 0 Å². The van der Waals surface area contributed by atoms with E-state index in [2.05, 4.69) is 10.3 Å². The topological polar surface area (TPSA) is 102 Å². The number of ether oxygens (including phenoxy) is 1. The van der Waals surface area contributed by atoms with Crippen LogP contribution in [0.5, 0.6) is 0 Å². The Kier molecular flexibility index (Phi) is 10.8. The maximum absolute atomic E-state index is 13.7. The first-order chi connectivity index (χ1) is 17.9. The number of ketones is 1. The number of aromatic nitrogens is 1. The second-order valence-electron chi connectivity index (χ2n) is 8.96. The maximum Gasteiger partial charge on any atom is 0.415 e. The highest BCUT2D eigenvalue weighted by Crippen LogP contribution is 2.21. The lowest BCUT2D eigenvalue weighted by atomic mass is 9.99. The molecule has 37 heavy (non-hydrogen) atoms. The van der Waals surface area contributed by atoms with E-state index in [4.69, 9.17) is 9.15 Å². The molecule has 3 aromatic rings. The van der Waals surface area contributed by atoms with Gasteiger partial charge in [0.1, 0.15) is 17.6 Å². The van der Waals surface area contributed by atoms with Crippen LogP contribution in [0, 0.1) is 5.92 Å². The van der Waals surface area contributed by atoms with Crippen LogP contribution in [0.1, 0.15) is 31.6 Å². The molecule has 0 bridgehead atoms. The summed E-state index contributed by atoms with van der Waals surface area (Å²) in [6.07, 6.45) is 3.15. The molecule has 9 heteroatoms. The average Bonchev–Trinajstić information content (AvgIpc) is 3.42. The van der Waals surface area contributed by atoms with Gasteiger partial charge >= 0.3 is 6.09 Å². The van der Waals surface area contributed by atoms with Crippen molar-refractivity contribution in [3.63, 3.8) is 0 Å². The summed E-state index contributed by atoms with van der Waals surface area (Å²) >= 11 is 1.43. The van der Waals surface area contributed by atoms with Gasteiger partial charge in [0.25, 0.3) is 0 Å². The van der Waals surface area contributed by atoms with Gasteiger partial charge in [0.2, 0.25) is 5.91 Å². The summed E-state index contributed by atoms with van der Waals surface area (Å²) < 4.78 is 10.4. The van der Waals surface area contributed by atoms with E-state index in [9.17, 15) is 14.4 Å². The number of nitrogens with one attached hydrogen (secondary N) is 1. The van der Waals surface area contributed by atoms with Crippen molar-refractivity contribution >= 4 is 35.4 Å². The summed E-state index contributed by atoms with van der Waals surface area (Å²) in [6.45, 7) is 3.93. The molecule has 0 spiro atoms. The van der Waals surface area contributed by atoms with Crippen molar-refractivity contribution < 1.29 is 23.5 Å². The van der Waals surface area contributed by atoms with Crippen molar-refractivity contribution in [2.75, 3.05) is 17.8 Å². The quantitative estimate of drug-likeness (QED) is 0.340. The van der Waals surface area contributed by atoms with E-state index in [1.807, 2.05) is 50.2 Å². The van der Waals surface area contributed by atoms with Gasteiger partial charge in [-0.25, -0.2) is 14.7 Å². The van der Waals surface area contributed by atoms with Crippen molar-refractivity contribution in [3.05, 3.63) is 84.4 Å². The number of rotatable bonds is 13. The monoisotopic (exact) mass is 523 g/mol. The second kappa shape index (κ2) is 14.2. The molecule has 2 amide bonds. The number of anilines is 1. The Morgan fingerprint density at radius 3 is 2.43 bits per heavy atom. The molecule has 0 fully saturated rings. The molecule has 0 unspecified atom stereocenters. The van der Waals surface area contributed by atoms with Crippen LogP contribution in [-0.2, 0) is 26.5 Å². The molecule has 1 aromatic carbocycles. The standard InChI is InChI=1S/C28H33N3O5S/c1-20(2)16-24(31(28(34)35-3)26-13-7-8-14-29-26)27(33)30-23(17-21-10-5-4-6-11-21)25(32)19-37-18-22-12-9-15-36-22/h4-15,20,23-24H,16-19H2,1-3H3,(H,30,33)/t23-,24-/m0/s1. The molecule has 0 aliphatic rings. The van der Waals surface area contributed by atoms with Crippen LogP contribution >= 0.6 is 11.8 Å². The number of Topliss-reactive ketones (excluding diaryl/α,β-unsaturated/α-hetero) is 1. The second-order valence-corrected chi connectivity index (χ2v) is 9.95. The SMILES string of the molecule is COC(=O)N(c1ccccn1)[C@@H](CC(C)C)C(=O)N[C@@H](Cc1ccccc1)C(=O)CSCc1ccco1. The summed E-state index contributed by atoms with van der Waals surface area (Å²) in [4.78, 5) is 45.4. The summed E-state index contributed by atoms with van der Waals surface area (Å²) in [5.41, 5.74) is 0.923. The third kappa shape index (κ3) is 8.49. The third-order valence-corrected chi connectivity index (χ3v) is 6.61. The Balaban J connectivity index is 1.83. The molecule has 0 radical (unpaired) electrons.